The summed E-state index contributed by atoms with van der Waals surface area (Å²) < 4.78 is 8.24. The number of aromatic nitrogens is 4. The Morgan fingerprint density at radius 1 is 0.413 bits per heavy atom. The van der Waals surface area contributed by atoms with Gasteiger partial charge >= 0.3 is 0 Å². The lowest BCUT2D eigenvalue weighted by Gasteiger charge is -2.11. The van der Waals surface area contributed by atoms with Gasteiger partial charge < -0.3 is 8.98 Å². The molecule has 46 heavy (non-hydrogen) atoms. The monoisotopic (exact) mass is 590 g/mol. The Kier molecular flexibility index (Phi) is 6.06. The van der Waals surface area contributed by atoms with Gasteiger partial charge in [0, 0.05) is 33.2 Å². The molecule has 6 aromatic carbocycles. The number of furan rings is 1. The number of fused-ring (bicyclic) bond motifs is 5. The highest BCUT2D eigenvalue weighted by Crippen LogP contribution is 2.37. The van der Waals surface area contributed by atoms with E-state index in [1.807, 2.05) is 42.5 Å². The molecule has 5 nitrogen and oxygen atoms in total. The highest BCUT2D eigenvalue weighted by molar-refractivity contribution is 6.19. The first kappa shape index (κ1) is 26.1. The molecule has 0 N–H and O–H groups in total. The minimum absolute atomic E-state index is 0.627. The molecule has 9 aromatic rings. The van der Waals surface area contributed by atoms with Crippen molar-refractivity contribution in [1.82, 2.24) is 19.5 Å². The fraction of sp³-hybridized carbons (Fsp3) is 0. The number of para-hydroxylation sites is 1. The average molecular weight is 591 g/mol. The van der Waals surface area contributed by atoms with Crippen LogP contribution < -0.4 is 0 Å². The molecule has 0 radical (unpaired) electrons. The zero-order chi connectivity index (χ0) is 30.5. The molecule has 0 atom stereocenters. The molecule has 3 aromatic heterocycles. The molecule has 3 heterocycles. The maximum absolute atomic E-state index is 5.95. The molecule has 0 aliphatic rings. The quantitative estimate of drug-likeness (QED) is 0.200. The molecule has 0 spiro atoms. The van der Waals surface area contributed by atoms with Gasteiger partial charge in [-0.3, -0.25) is 0 Å². The van der Waals surface area contributed by atoms with Crippen LogP contribution in [0.4, 0.5) is 0 Å². The van der Waals surface area contributed by atoms with Gasteiger partial charge in [-0.25, -0.2) is 15.0 Å². The fourth-order valence-corrected chi connectivity index (χ4v) is 6.31. The van der Waals surface area contributed by atoms with Gasteiger partial charge in [0.05, 0.1) is 22.7 Å². The van der Waals surface area contributed by atoms with E-state index in [1.165, 1.54) is 5.56 Å². The third-order valence-electron chi connectivity index (χ3n) is 8.56. The second kappa shape index (κ2) is 10.7. The highest BCUT2D eigenvalue weighted by Gasteiger charge is 2.17. The number of nitrogens with zero attached hydrogens (tertiary/aromatic N) is 4. The second-order valence-electron chi connectivity index (χ2n) is 11.3. The molecule has 0 amide bonds. The Bertz CT molecular complexity index is 2500. The topological polar surface area (TPSA) is 56.7 Å². The summed E-state index contributed by atoms with van der Waals surface area (Å²) in [5, 5.41) is 3.38. The lowest BCUT2D eigenvalue weighted by molar-refractivity contribution is 0.619. The van der Waals surface area contributed by atoms with Gasteiger partial charge in [-0.2, -0.15) is 0 Å². The van der Waals surface area contributed by atoms with E-state index in [0.717, 1.165) is 60.7 Å². The van der Waals surface area contributed by atoms with Gasteiger partial charge in [0.15, 0.2) is 17.5 Å². The largest absolute Gasteiger partial charge is 0.464 e. The van der Waals surface area contributed by atoms with Crippen LogP contribution in [0.1, 0.15) is 0 Å². The van der Waals surface area contributed by atoms with Crippen molar-refractivity contribution >= 4 is 32.8 Å². The molecule has 0 fully saturated rings. The van der Waals surface area contributed by atoms with Crippen LogP contribution in [-0.4, -0.2) is 19.5 Å². The van der Waals surface area contributed by atoms with Crippen molar-refractivity contribution in [2.45, 2.75) is 0 Å². The summed E-state index contributed by atoms with van der Waals surface area (Å²) in [5.74, 6) is 1.90. The van der Waals surface area contributed by atoms with Gasteiger partial charge in [0.2, 0.25) is 0 Å². The Labute approximate surface area is 265 Å². The normalized spacial score (nSPS) is 11.5. The highest BCUT2D eigenvalue weighted by atomic mass is 16.3. The van der Waals surface area contributed by atoms with Crippen LogP contribution in [0.25, 0.3) is 83.8 Å². The number of hydrogen-bond acceptors (Lipinski definition) is 4. The summed E-state index contributed by atoms with van der Waals surface area (Å²) in [4.78, 5) is 14.8. The Morgan fingerprint density at radius 3 is 1.61 bits per heavy atom. The first-order valence-electron chi connectivity index (χ1n) is 15.3. The summed E-state index contributed by atoms with van der Waals surface area (Å²) in [6.07, 6.45) is 1.76. The van der Waals surface area contributed by atoms with Crippen molar-refractivity contribution < 1.29 is 4.42 Å². The van der Waals surface area contributed by atoms with E-state index in [2.05, 4.69) is 114 Å². The van der Waals surface area contributed by atoms with Crippen molar-refractivity contribution in [1.29, 1.82) is 0 Å². The lowest BCUT2D eigenvalue weighted by atomic mass is 10.0. The van der Waals surface area contributed by atoms with E-state index in [0.29, 0.717) is 17.5 Å². The van der Waals surface area contributed by atoms with E-state index in [1.54, 1.807) is 6.26 Å². The fourth-order valence-electron chi connectivity index (χ4n) is 6.31. The van der Waals surface area contributed by atoms with Crippen LogP contribution in [0.2, 0.25) is 0 Å². The molecule has 0 aliphatic carbocycles. The molecule has 0 unspecified atom stereocenters. The number of hydrogen-bond donors (Lipinski definition) is 0. The summed E-state index contributed by atoms with van der Waals surface area (Å²) in [7, 11) is 0. The van der Waals surface area contributed by atoms with Crippen LogP contribution in [0.5, 0.6) is 0 Å². The van der Waals surface area contributed by atoms with E-state index < -0.39 is 0 Å². The minimum atomic E-state index is 0.627. The lowest BCUT2D eigenvalue weighted by Crippen LogP contribution is -2.00. The summed E-state index contributed by atoms with van der Waals surface area (Å²) >= 11 is 0. The summed E-state index contributed by atoms with van der Waals surface area (Å²) in [5.41, 5.74) is 9.31. The van der Waals surface area contributed by atoms with Crippen LogP contribution in [0.3, 0.4) is 0 Å². The van der Waals surface area contributed by atoms with Crippen molar-refractivity contribution in [3.8, 4) is 51.0 Å². The molecule has 0 aliphatic heterocycles. The maximum atomic E-state index is 5.95. The third-order valence-corrected chi connectivity index (χ3v) is 8.56. The van der Waals surface area contributed by atoms with E-state index in [-0.39, 0.29) is 0 Å². The third kappa shape index (κ3) is 4.37. The van der Waals surface area contributed by atoms with E-state index in [4.69, 9.17) is 19.4 Å². The molecule has 216 valence electrons. The Morgan fingerprint density at radius 2 is 0.935 bits per heavy atom. The predicted molar refractivity (Wildman–Crippen MR) is 186 cm³/mol. The molecular formula is C41H26N4O. The molecule has 5 heteroatoms. The minimum Gasteiger partial charge on any atom is -0.464 e. The van der Waals surface area contributed by atoms with Crippen LogP contribution >= 0.6 is 0 Å². The van der Waals surface area contributed by atoms with Gasteiger partial charge in [0.1, 0.15) is 5.58 Å². The van der Waals surface area contributed by atoms with Crippen LogP contribution in [0.15, 0.2) is 162 Å². The van der Waals surface area contributed by atoms with E-state index >= 15 is 0 Å². The average Bonchev–Trinajstić information content (AvgIpc) is 3.75. The van der Waals surface area contributed by atoms with Gasteiger partial charge in [-0.05, 0) is 59.7 Å². The summed E-state index contributed by atoms with van der Waals surface area (Å²) in [6, 6.07) is 52.1. The molecule has 9 rings (SSSR count). The number of rotatable bonds is 5. The number of benzene rings is 6. The standard InChI is InChI=1S/C41H26N4O/c1-3-9-27(10-4-1)28-15-17-31(18-16-28)40-42-39(30-11-5-2-6-12-30)43-41(44-40)32-19-22-33(23-20-32)45-35-14-8-7-13-34(35)37-36(45)24-21-29-25-26-46-38(29)37/h1-26H. The second-order valence-corrected chi connectivity index (χ2v) is 11.3. The molecule has 0 saturated heterocycles. The Hall–Kier alpha value is -6.33. The molecule has 0 bridgehead atoms. The predicted octanol–water partition coefficient (Wildman–Crippen LogP) is 10.4. The van der Waals surface area contributed by atoms with Crippen molar-refractivity contribution in [3.63, 3.8) is 0 Å². The van der Waals surface area contributed by atoms with Crippen molar-refractivity contribution in [2.24, 2.45) is 0 Å². The van der Waals surface area contributed by atoms with Crippen molar-refractivity contribution in [3.05, 3.63) is 158 Å². The van der Waals surface area contributed by atoms with Crippen molar-refractivity contribution in [2.75, 3.05) is 0 Å². The zero-order valence-electron chi connectivity index (χ0n) is 24.7. The van der Waals surface area contributed by atoms with Crippen LogP contribution in [-0.2, 0) is 0 Å². The molecular weight excluding hydrogens is 564 g/mol. The smallest absolute Gasteiger partial charge is 0.164 e. The maximum Gasteiger partial charge on any atom is 0.164 e. The van der Waals surface area contributed by atoms with Gasteiger partial charge in [-0.15, -0.1) is 0 Å². The molecule has 0 saturated carbocycles. The van der Waals surface area contributed by atoms with Crippen LogP contribution in [0, 0.1) is 0 Å². The van der Waals surface area contributed by atoms with E-state index in [9.17, 15) is 0 Å². The first-order chi connectivity index (χ1) is 22.8. The van der Waals surface area contributed by atoms with Gasteiger partial charge in [0.25, 0.3) is 0 Å². The first-order valence-corrected chi connectivity index (χ1v) is 15.3. The van der Waals surface area contributed by atoms with Gasteiger partial charge in [-0.1, -0.05) is 103 Å². The Balaban J connectivity index is 1.15. The summed E-state index contributed by atoms with van der Waals surface area (Å²) in [6.45, 7) is 0. The zero-order valence-corrected chi connectivity index (χ0v) is 24.7. The SMILES string of the molecule is c1ccc(-c2ccc(-c3nc(-c4ccccc4)nc(-c4ccc(-n5c6ccccc6c6c7occc7ccc65)cc4)n3)cc2)cc1.